The van der Waals surface area contributed by atoms with Crippen LogP contribution in [0.1, 0.15) is 39.2 Å². The lowest BCUT2D eigenvalue weighted by molar-refractivity contribution is 0.548. The average Bonchev–Trinajstić information content (AvgIpc) is 3.01. The molecule has 16 heavy (non-hydrogen) atoms. The third kappa shape index (κ3) is 2.29. The number of hydrogen-bond acceptors (Lipinski definition) is 3. The molecule has 1 aliphatic rings. The molecule has 2 rings (SSSR count). The number of H-pyrrole nitrogens is 1. The molecule has 0 aromatic carbocycles. The number of nitrogens with one attached hydrogen (secondary N) is 1. The highest BCUT2D eigenvalue weighted by molar-refractivity contribution is 7.71. The van der Waals surface area contributed by atoms with Crippen molar-refractivity contribution in [3.8, 4) is 0 Å². The predicted molar refractivity (Wildman–Crippen MR) is 68.4 cm³/mol. The Morgan fingerprint density at radius 3 is 2.88 bits per heavy atom. The first-order valence-electron chi connectivity index (χ1n) is 6.01. The van der Waals surface area contributed by atoms with Crippen LogP contribution in [-0.2, 0) is 0 Å². The molecule has 0 aliphatic heterocycles. The summed E-state index contributed by atoms with van der Waals surface area (Å²) in [5, 5.41) is 7.24. The maximum absolute atomic E-state index is 5.27. The predicted octanol–water partition coefficient (Wildman–Crippen LogP) is 2.76. The summed E-state index contributed by atoms with van der Waals surface area (Å²) in [6, 6.07) is 0.584. The standard InChI is InChI=1S/C11H20N4S/c1-4-8(2)7-14(3)10-12-13-11(16)15(10)9-5-6-9/h8-9H,4-7H2,1-3H3,(H,13,16). The van der Waals surface area contributed by atoms with Crippen LogP contribution in [0.2, 0.25) is 0 Å². The van der Waals surface area contributed by atoms with Gasteiger partial charge in [-0.2, -0.15) is 0 Å². The van der Waals surface area contributed by atoms with Crippen molar-refractivity contribution in [2.75, 3.05) is 18.5 Å². The summed E-state index contributed by atoms with van der Waals surface area (Å²) in [5.74, 6) is 1.68. The van der Waals surface area contributed by atoms with Crippen LogP contribution < -0.4 is 4.90 Å². The van der Waals surface area contributed by atoms with Crippen molar-refractivity contribution < 1.29 is 0 Å². The van der Waals surface area contributed by atoms with E-state index in [9.17, 15) is 0 Å². The van der Waals surface area contributed by atoms with Crippen LogP contribution >= 0.6 is 12.2 Å². The van der Waals surface area contributed by atoms with E-state index >= 15 is 0 Å². The average molecular weight is 240 g/mol. The maximum atomic E-state index is 5.27. The molecule has 5 heteroatoms. The summed E-state index contributed by atoms with van der Waals surface area (Å²) < 4.78 is 2.92. The van der Waals surface area contributed by atoms with Gasteiger partial charge in [0.1, 0.15) is 0 Å². The van der Waals surface area contributed by atoms with Crippen LogP contribution in [0.15, 0.2) is 0 Å². The topological polar surface area (TPSA) is 36.9 Å². The molecule has 1 unspecified atom stereocenters. The molecule has 1 aliphatic carbocycles. The van der Waals surface area contributed by atoms with E-state index in [0.29, 0.717) is 12.0 Å². The maximum Gasteiger partial charge on any atom is 0.225 e. The van der Waals surface area contributed by atoms with E-state index in [0.717, 1.165) is 17.3 Å². The number of anilines is 1. The minimum Gasteiger partial charge on any atom is -0.344 e. The minimum absolute atomic E-state index is 0.584. The molecular weight excluding hydrogens is 220 g/mol. The normalized spacial score (nSPS) is 17.4. The second-order valence-corrected chi connectivity index (χ2v) is 5.21. The van der Waals surface area contributed by atoms with Crippen LogP contribution in [0.4, 0.5) is 5.95 Å². The molecule has 1 fully saturated rings. The van der Waals surface area contributed by atoms with Gasteiger partial charge in [-0.15, -0.1) is 5.10 Å². The molecule has 1 heterocycles. The molecule has 1 saturated carbocycles. The molecule has 0 amide bonds. The number of nitrogens with zero attached hydrogens (tertiary/aromatic N) is 3. The zero-order valence-corrected chi connectivity index (χ0v) is 11.0. The summed E-state index contributed by atoms with van der Waals surface area (Å²) in [5.41, 5.74) is 0. The van der Waals surface area contributed by atoms with Gasteiger partial charge < -0.3 is 4.90 Å². The fraction of sp³-hybridized carbons (Fsp3) is 0.818. The van der Waals surface area contributed by atoms with Crippen LogP contribution in [0, 0.1) is 10.7 Å². The van der Waals surface area contributed by atoms with Gasteiger partial charge in [0.15, 0.2) is 4.77 Å². The Bertz CT molecular complexity index is 404. The van der Waals surface area contributed by atoms with Crippen molar-refractivity contribution in [1.82, 2.24) is 14.8 Å². The molecule has 1 aromatic rings. The molecule has 90 valence electrons. The third-order valence-corrected chi connectivity index (χ3v) is 3.51. The van der Waals surface area contributed by atoms with Gasteiger partial charge in [0, 0.05) is 19.6 Å². The van der Waals surface area contributed by atoms with Crippen molar-refractivity contribution in [2.45, 2.75) is 39.2 Å². The Balaban J connectivity index is 2.16. The van der Waals surface area contributed by atoms with E-state index in [1.807, 2.05) is 0 Å². The van der Waals surface area contributed by atoms with Crippen LogP contribution in [0.3, 0.4) is 0 Å². The molecule has 0 spiro atoms. The summed E-state index contributed by atoms with van der Waals surface area (Å²) in [4.78, 5) is 2.21. The Kier molecular flexibility index (Phi) is 3.33. The number of aromatic nitrogens is 3. The summed E-state index contributed by atoms with van der Waals surface area (Å²) in [6.45, 7) is 5.51. The largest absolute Gasteiger partial charge is 0.344 e. The quantitative estimate of drug-likeness (QED) is 0.804. The first-order chi connectivity index (χ1) is 7.63. The van der Waals surface area contributed by atoms with Crippen molar-refractivity contribution in [1.29, 1.82) is 0 Å². The van der Waals surface area contributed by atoms with E-state index in [2.05, 4.69) is 40.6 Å². The van der Waals surface area contributed by atoms with E-state index in [1.165, 1.54) is 19.3 Å². The number of rotatable bonds is 5. The van der Waals surface area contributed by atoms with Gasteiger partial charge in [0.05, 0.1) is 0 Å². The van der Waals surface area contributed by atoms with Gasteiger partial charge >= 0.3 is 0 Å². The Hall–Kier alpha value is -0.840. The smallest absolute Gasteiger partial charge is 0.225 e. The number of hydrogen-bond donors (Lipinski definition) is 1. The van der Waals surface area contributed by atoms with E-state index in [4.69, 9.17) is 12.2 Å². The lowest BCUT2D eigenvalue weighted by atomic mass is 10.1. The Morgan fingerprint density at radius 2 is 2.31 bits per heavy atom. The first kappa shape index (κ1) is 11.6. The lowest BCUT2D eigenvalue weighted by Gasteiger charge is -2.21. The van der Waals surface area contributed by atoms with Crippen molar-refractivity contribution in [3.63, 3.8) is 0 Å². The van der Waals surface area contributed by atoms with E-state index in [-0.39, 0.29) is 0 Å². The molecule has 4 nitrogen and oxygen atoms in total. The molecule has 1 aromatic heterocycles. The zero-order chi connectivity index (χ0) is 11.7. The number of aromatic amines is 1. The Labute approximate surface area is 102 Å². The van der Waals surface area contributed by atoms with Crippen LogP contribution in [-0.4, -0.2) is 28.4 Å². The van der Waals surface area contributed by atoms with E-state index in [1.54, 1.807) is 0 Å². The molecular formula is C11H20N4S. The summed E-state index contributed by atoms with van der Waals surface area (Å²) in [7, 11) is 2.09. The second kappa shape index (κ2) is 4.57. The molecule has 0 bridgehead atoms. The second-order valence-electron chi connectivity index (χ2n) is 4.82. The van der Waals surface area contributed by atoms with E-state index < -0.39 is 0 Å². The Morgan fingerprint density at radius 1 is 1.62 bits per heavy atom. The highest BCUT2D eigenvalue weighted by atomic mass is 32.1. The third-order valence-electron chi connectivity index (χ3n) is 3.22. The van der Waals surface area contributed by atoms with Gasteiger partial charge in [0.2, 0.25) is 5.95 Å². The monoisotopic (exact) mass is 240 g/mol. The molecule has 0 radical (unpaired) electrons. The summed E-state index contributed by atoms with van der Waals surface area (Å²) in [6.07, 6.45) is 3.66. The van der Waals surface area contributed by atoms with Crippen LogP contribution in [0.25, 0.3) is 0 Å². The van der Waals surface area contributed by atoms with Gasteiger partial charge in [-0.25, -0.2) is 5.10 Å². The highest BCUT2D eigenvalue weighted by Gasteiger charge is 2.28. The molecule has 1 atom stereocenters. The van der Waals surface area contributed by atoms with Crippen LogP contribution in [0.5, 0.6) is 0 Å². The fourth-order valence-electron chi connectivity index (χ4n) is 1.91. The fourth-order valence-corrected chi connectivity index (χ4v) is 2.18. The van der Waals surface area contributed by atoms with Gasteiger partial charge in [-0.3, -0.25) is 4.57 Å². The van der Waals surface area contributed by atoms with Gasteiger partial charge in [-0.05, 0) is 31.0 Å². The highest BCUT2D eigenvalue weighted by Crippen LogP contribution is 2.37. The molecule has 1 N–H and O–H groups in total. The first-order valence-corrected chi connectivity index (χ1v) is 6.42. The minimum atomic E-state index is 0.584. The lowest BCUT2D eigenvalue weighted by Crippen LogP contribution is -2.26. The van der Waals surface area contributed by atoms with Gasteiger partial charge in [0.25, 0.3) is 0 Å². The summed E-state index contributed by atoms with van der Waals surface area (Å²) >= 11 is 5.27. The zero-order valence-electron chi connectivity index (χ0n) is 10.2. The SMILES string of the molecule is CCC(C)CN(C)c1n[nH]c(=S)n1C1CC1. The van der Waals surface area contributed by atoms with Crippen molar-refractivity contribution >= 4 is 18.2 Å². The van der Waals surface area contributed by atoms with Crippen molar-refractivity contribution in [3.05, 3.63) is 4.77 Å². The molecule has 0 saturated heterocycles. The van der Waals surface area contributed by atoms with Crippen molar-refractivity contribution in [2.24, 2.45) is 5.92 Å². The van der Waals surface area contributed by atoms with Gasteiger partial charge in [-0.1, -0.05) is 20.3 Å².